The second-order valence-corrected chi connectivity index (χ2v) is 11.9. The highest BCUT2D eigenvalue weighted by atomic mass is 28.4. The second kappa shape index (κ2) is 5.62. The minimum atomic E-state index is -1.48. The molecule has 4 unspecified atom stereocenters. The molecule has 2 saturated heterocycles. The van der Waals surface area contributed by atoms with Crippen LogP contribution in [0.25, 0.3) is 0 Å². The van der Waals surface area contributed by atoms with E-state index < -0.39 is 8.32 Å². The third-order valence-corrected chi connectivity index (χ3v) is 5.53. The van der Waals surface area contributed by atoms with Crippen LogP contribution in [0.5, 0.6) is 0 Å². The zero-order valence-electron chi connectivity index (χ0n) is 12.9. The van der Waals surface area contributed by atoms with Crippen LogP contribution in [0.3, 0.4) is 0 Å². The van der Waals surface area contributed by atoms with Gasteiger partial charge in [0, 0.05) is 12.1 Å². The van der Waals surface area contributed by atoms with Crippen molar-refractivity contribution in [3.8, 4) is 0 Å². The molecule has 4 atom stereocenters. The minimum absolute atomic E-state index is 0.417. The van der Waals surface area contributed by atoms with E-state index in [1.165, 1.54) is 31.2 Å². The quantitative estimate of drug-likeness (QED) is 0.855. The maximum Gasteiger partial charge on any atom is 0.184 e. The molecule has 20 heavy (non-hydrogen) atoms. The average Bonchev–Trinajstić information content (AvgIpc) is 2.78. The van der Waals surface area contributed by atoms with Crippen molar-refractivity contribution < 1.29 is 4.43 Å². The zero-order valence-corrected chi connectivity index (χ0v) is 13.9. The molecular formula is C17H27NOSi. The van der Waals surface area contributed by atoms with E-state index in [4.69, 9.17) is 4.43 Å². The summed E-state index contributed by atoms with van der Waals surface area (Å²) in [6.07, 6.45) is 5.50. The molecule has 2 heterocycles. The van der Waals surface area contributed by atoms with Gasteiger partial charge in [-0.05, 0) is 56.8 Å². The van der Waals surface area contributed by atoms with Crippen molar-refractivity contribution in [3.05, 3.63) is 35.9 Å². The van der Waals surface area contributed by atoms with Crippen LogP contribution < -0.4 is 5.32 Å². The molecule has 2 bridgehead atoms. The highest BCUT2D eigenvalue weighted by Crippen LogP contribution is 2.36. The van der Waals surface area contributed by atoms with Crippen LogP contribution in [-0.4, -0.2) is 26.5 Å². The molecule has 0 radical (unpaired) electrons. The Morgan fingerprint density at radius 3 is 2.60 bits per heavy atom. The van der Waals surface area contributed by atoms with Gasteiger partial charge in [0.1, 0.15) is 0 Å². The van der Waals surface area contributed by atoms with E-state index in [0.29, 0.717) is 18.1 Å². The number of rotatable bonds is 4. The first kappa shape index (κ1) is 14.3. The predicted molar refractivity (Wildman–Crippen MR) is 86.4 cm³/mol. The summed E-state index contributed by atoms with van der Waals surface area (Å²) >= 11 is 0. The largest absolute Gasteiger partial charge is 0.413 e. The lowest BCUT2D eigenvalue weighted by atomic mass is 9.84. The third kappa shape index (κ3) is 3.33. The molecule has 0 amide bonds. The van der Waals surface area contributed by atoms with E-state index >= 15 is 0 Å². The molecule has 0 saturated carbocycles. The highest BCUT2D eigenvalue weighted by molar-refractivity contribution is 6.69. The maximum atomic E-state index is 6.57. The lowest BCUT2D eigenvalue weighted by Gasteiger charge is -2.41. The molecule has 0 aliphatic carbocycles. The van der Waals surface area contributed by atoms with Gasteiger partial charge in [0.2, 0.25) is 0 Å². The highest BCUT2D eigenvalue weighted by Gasteiger charge is 2.43. The summed E-state index contributed by atoms with van der Waals surface area (Å²) in [5.41, 5.74) is 1.46. The molecule has 0 aromatic heterocycles. The fourth-order valence-corrected chi connectivity index (χ4v) is 5.00. The molecule has 3 rings (SSSR count). The molecule has 110 valence electrons. The normalized spacial score (nSPS) is 33.4. The van der Waals surface area contributed by atoms with E-state index in [0.717, 1.165) is 6.04 Å². The summed E-state index contributed by atoms with van der Waals surface area (Å²) in [4.78, 5) is 0. The summed E-state index contributed by atoms with van der Waals surface area (Å²) in [5.74, 6) is 0.683. The third-order valence-electron chi connectivity index (χ3n) is 4.55. The molecule has 3 heteroatoms. The fraction of sp³-hybridized carbons (Fsp3) is 0.647. The van der Waals surface area contributed by atoms with Crippen LogP contribution in [0.1, 0.15) is 24.8 Å². The van der Waals surface area contributed by atoms with Crippen LogP contribution in [0.4, 0.5) is 0 Å². The number of benzene rings is 1. The number of nitrogens with one attached hydrogen (secondary N) is 1. The van der Waals surface area contributed by atoms with Gasteiger partial charge in [-0.2, -0.15) is 0 Å². The number of hydrogen-bond acceptors (Lipinski definition) is 2. The molecule has 1 aromatic carbocycles. The summed E-state index contributed by atoms with van der Waals surface area (Å²) in [7, 11) is -1.48. The molecule has 2 fully saturated rings. The van der Waals surface area contributed by atoms with Crippen LogP contribution >= 0.6 is 0 Å². The Bertz CT molecular complexity index is 442. The van der Waals surface area contributed by atoms with E-state index in [1.807, 2.05) is 0 Å². The summed E-state index contributed by atoms with van der Waals surface area (Å²) in [5, 5.41) is 3.78. The smallest absolute Gasteiger partial charge is 0.184 e. The first-order valence-corrected chi connectivity index (χ1v) is 11.4. The number of hydrogen-bond donors (Lipinski definition) is 1. The van der Waals surface area contributed by atoms with E-state index in [1.54, 1.807) is 0 Å². The van der Waals surface area contributed by atoms with E-state index in [2.05, 4.69) is 55.3 Å². The van der Waals surface area contributed by atoms with Crippen molar-refractivity contribution in [2.24, 2.45) is 5.92 Å². The minimum Gasteiger partial charge on any atom is -0.413 e. The van der Waals surface area contributed by atoms with Crippen LogP contribution in [0, 0.1) is 5.92 Å². The monoisotopic (exact) mass is 289 g/mol. The molecule has 2 aliphatic rings. The maximum absolute atomic E-state index is 6.57. The van der Waals surface area contributed by atoms with Gasteiger partial charge in [0.15, 0.2) is 8.32 Å². The number of fused-ring (bicyclic) bond motifs is 2. The van der Waals surface area contributed by atoms with Gasteiger partial charge >= 0.3 is 0 Å². The van der Waals surface area contributed by atoms with Crippen molar-refractivity contribution in [2.45, 2.75) is 63.5 Å². The van der Waals surface area contributed by atoms with Crippen LogP contribution in [0.15, 0.2) is 30.3 Å². The summed E-state index contributed by atoms with van der Waals surface area (Å²) < 4.78 is 6.57. The summed E-state index contributed by atoms with van der Waals surface area (Å²) in [6, 6.07) is 12.2. The van der Waals surface area contributed by atoms with Gasteiger partial charge in [0.25, 0.3) is 0 Å². The Kier molecular flexibility index (Phi) is 4.02. The van der Waals surface area contributed by atoms with Crippen LogP contribution in [0.2, 0.25) is 19.6 Å². The van der Waals surface area contributed by atoms with E-state index in [9.17, 15) is 0 Å². The average molecular weight is 289 g/mol. The lowest BCUT2D eigenvalue weighted by Crippen LogP contribution is -2.53. The second-order valence-electron chi connectivity index (χ2n) is 7.43. The van der Waals surface area contributed by atoms with Crippen molar-refractivity contribution >= 4 is 8.32 Å². The van der Waals surface area contributed by atoms with Gasteiger partial charge in [-0.1, -0.05) is 30.3 Å². The molecule has 2 aliphatic heterocycles. The van der Waals surface area contributed by atoms with E-state index in [-0.39, 0.29) is 0 Å². The molecule has 1 aromatic rings. The molecule has 2 nitrogen and oxygen atoms in total. The zero-order chi connectivity index (χ0) is 14.2. The topological polar surface area (TPSA) is 21.3 Å². The Labute approximate surface area is 124 Å². The molecular weight excluding hydrogens is 262 g/mol. The summed E-state index contributed by atoms with van der Waals surface area (Å²) in [6.45, 7) is 6.94. The Hall–Kier alpha value is -0.643. The number of piperidine rings is 1. The van der Waals surface area contributed by atoms with Gasteiger partial charge < -0.3 is 9.74 Å². The Balaban J connectivity index is 1.75. The van der Waals surface area contributed by atoms with Gasteiger partial charge in [-0.3, -0.25) is 0 Å². The Morgan fingerprint density at radius 2 is 1.90 bits per heavy atom. The van der Waals surface area contributed by atoms with Gasteiger partial charge in [-0.25, -0.2) is 0 Å². The Morgan fingerprint density at radius 1 is 1.15 bits per heavy atom. The first-order chi connectivity index (χ1) is 9.51. The SMILES string of the molecule is C[Si](C)(C)OC1C(Cc2ccccc2)CC2CCC1N2. The first-order valence-electron chi connectivity index (χ1n) is 7.99. The fourth-order valence-electron chi connectivity index (χ4n) is 3.83. The van der Waals surface area contributed by atoms with Crippen molar-refractivity contribution in [1.29, 1.82) is 0 Å². The molecule has 1 N–H and O–H groups in total. The van der Waals surface area contributed by atoms with Crippen molar-refractivity contribution in [1.82, 2.24) is 5.32 Å². The van der Waals surface area contributed by atoms with Crippen LogP contribution in [-0.2, 0) is 10.8 Å². The van der Waals surface area contributed by atoms with Crippen molar-refractivity contribution in [3.63, 3.8) is 0 Å². The lowest BCUT2D eigenvalue weighted by molar-refractivity contribution is 0.0622. The van der Waals surface area contributed by atoms with Gasteiger partial charge in [-0.15, -0.1) is 0 Å². The predicted octanol–water partition coefficient (Wildman–Crippen LogP) is 3.59. The molecule has 0 spiro atoms. The van der Waals surface area contributed by atoms with Gasteiger partial charge in [0.05, 0.1) is 6.10 Å². The van der Waals surface area contributed by atoms with Crippen molar-refractivity contribution in [2.75, 3.05) is 0 Å². The standard InChI is InChI=1S/C17H27NOSi/c1-20(2,3)19-17-14(11-13-7-5-4-6-8-13)12-15-9-10-16(17)18-15/h4-8,14-18H,9-12H2,1-3H3.